The van der Waals surface area contributed by atoms with Crippen LogP contribution >= 0.6 is 15.9 Å². The van der Waals surface area contributed by atoms with E-state index in [2.05, 4.69) is 15.9 Å². The highest BCUT2D eigenvalue weighted by Gasteiger charge is 2.18. The monoisotopic (exact) mass is 314 g/mol. The van der Waals surface area contributed by atoms with Crippen LogP contribution in [0.1, 0.15) is 29.6 Å². The number of piperidine rings is 1. The topological polar surface area (TPSA) is 62.5 Å². The first-order chi connectivity index (χ1) is 8.58. The smallest absolute Gasteiger partial charge is 0.337 e. The normalized spacial score (nSPS) is 15.7. The van der Waals surface area contributed by atoms with Crippen LogP contribution in [0, 0.1) is 0 Å². The fraction of sp³-hybridized carbons (Fsp3) is 0.500. The van der Waals surface area contributed by atoms with Gasteiger partial charge in [0.2, 0.25) is 5.91 Å². The molecule has 1 aromatic heterocycles. The number of carboxylic acid groups (broad SMARTS) is 1. The minimum atomic E-state index is -0.986. The van der Waals surface area contributed by atoms with Gasteiger partial charge in [0, 0.05) is 19.3 Å². The molecule has 2 rings (SSSR count). The lowest BCUT2D eigenvalue weighted by Crippen LogP contribution is -2.37. The zero-order valence-electron chi connectivity index (χ0n) is 9.93. The highest BCUT2D eigenvalue weighted by Crippen LogP contribution is 2.16. The molecule has 0 bridgehead atoms. The van der Waals surface area contributed by atoms with Gasteiger partial charge in [-0.15, -0.1) is 0 Å². The highest BCUT2D eigenvalue weighted by molar-refractivity contribution is 9.10. The lowest BCUT2D eigenvalue weighted by molar-refractivity contribution is -0.132. The number of halogens is 1. The van der Waals surface area contributed by atoms with E-state index in [-0.39, 0.29) is 18.0 Å². The highest BCUT2D eigenvalue weighted by atomic mass is 79.9. The third kappa shape index (κ3) is 2.93. The van der Waals surface area contributed by atoms with Gasteiger partial charge >= 0.3 is 5.97 Å². The summed E-state index contributed by atoms with van der Waals surface area (Å²) in [6.07, 6.45) is 4.77. The number of rotatable bonds is 3. The van der Waals surface area contributed by atoms with E-state index < -0.39 is 5.97 Å². The molecule has 0 saturated carbocycles. The van der Waals surface area contributed by atoms with Gasteiger partial charge in [0.1, 0.15) is 6.54 Å². The predicted molar refractivity (Wildman–Crippen MR) is 69.5 cm³/mol. The molecule has 1 fully saturated rings. The molecule has 0 radical (unpaired) electrons. The molecule has 1 saturated heterocycles. The molecule has 1 aliphatic rings. The van der Waals surface area contributed by atoms with E-state index in [1.165, 1.54) is 18.7 Å². The molecule has 0 atom stereocenters. The summed E-state index contributed by atoms with van der Waals surface area (Å²) in [5, 5.41) is 8.88. The molecular formula is C12H15BrN2O3. The van der Waals surface area contributed by atoms with Crippen LogP contribution < -0.4 is 0 Å². The van der Waals surface area contributed by atoms with Gasteiger partial charge in [0.25, 0.3) is 0 Å². The van der Waals surface area contributed by atoms with E-state index >= 15 is 0 Å². The summed E-state index contributed by atoms with van der Waals surface area (Å²) in [4.78, 5) is 24.7. The van der Waals surface area contributed by atoms with E-state index in [9.17, 15) is 9.59 Å². The van der Waals surface area contributed by atoms with Crippen molar-refractivity contribution in [3.8, 4) is 0 Å². The second-order valence-electron chi connectivity index (χ2n) is 4.43. The van der Waals surface area contributed by atoms with Crippen molar-refractivity contribution in [1.82, 2.24) is 9.47 Å². The quantitative estimate of drug-likeness (QED) is 0.927. The number of nitrogens with zero attached hydrogens (tertiary/aromatic N) is 2. The summed E-state index contributed by atoms with van der Waals surface area (Å²) in [6, 6.07) is 1.51. The van der Waals surface area contributed by atoms with Crippen molar-refractivity contribution in [2.45, 2.75) is 25.8 Å². The molecule has 0 spiro atoms. The van der Waals surface area contributed by atoms with Crippen LogP contribution in [0.25, 0.3) is 0 Å². The Hall–Kier alpha value is -1.30. The van der Waals surface area contributed by atoms with Crippen molar-refractivity contribution in [2.75, 3.05) is 13.1 Å². The van der Waals surface area contributed by atoms with Gasteiger partial charge in [0.15, 0.2) is 0 Å². The number of carboxylic acids is 1. The summed E-state index contributed by atoms with van der Waals surface area (Å²) >= 11 is 3.27. The molecule has 98 valence electrons. The first kappa shape index (κ1) is 13.1. The van der Waals surface area contributed by atoms with E-state index in [0.29, 0.717) is 4.60 Å². The van der Waals surface area contributed by atoms with E-state index in [1.807, 2.05) is 4.90 Å². The molecule has 2 heterocycles. The predicted octanol–water partition coefficient (Wildman–Crippen LogP) is 1.96. The second kappa shape index (κ2) is 5.56. The van der Waals surface area contributed by atoms with Gasteiger partial charge in [-0.05, 0) is 41.3 Å². The Morgan fingerprint density at radius 3 is 2.50 bits per heavy atom. The van der Waals surface area contributed by atoms with Gasteiger partial charge < -0.3 is 14.6 Å². The summed E-state index contributed by atoms with van der Waals surface area (Å²) in [5.41, 5.74) is 0.188. The molecule has 6 heteroatoms. The van der Waals surface area contributed by atoms with Crippen molar-refractivity contribution in [3.05, 3.63) is 22.4 Å². The molecular weight excluding hydrogens is 300 g/mol. The molecule has 1 aromatic rings. The van der Waals surface area contributed by atoms with Crippen molar-refractivity contribution >= 4 is 27.8 Å². The van der Waals surface area contributed by atoms with Gasteiger partial charge in [-0.25, -0.2) is 4.79 Å². The van der Waals surface area contributed by atoms with Crippen LogP contribution in [0.15, 0.2) is 16.9 Å². The van der Waals surface area contributed by atoms with Crippen molar-refractivity contribution in [3.63, 3.8) is 0 Å². The fourth-order valence-electron chi connectivity index (χ4n) is 2.11. The molecule has 0 unspecified atom stereocenters. The maximum absolute atomic E-state index is 12.0. The molecule has 0 aromatic carbocycles. The van der Waals surface area contributed by atoms with Crippen molar-refractivity contribution in [1.29, 1.82) is 0 Å². The Labute approximate surface area is 114 Å². The van der Waals surface area contributed by atoms with Gasteiger partial charge in [-0.2, -0.15) is 0 Å². The first-order valence-electron chi connectivity index (χ1n) is 5.94. The minimum Gasteiger partial charge on any atom is -0.478 e. The average molecular weight is 315 g/mol. The van der Waals surface area contributed by atoms with Crippen molar-refractivity contribution in [2.24, 2.45) is 0 Å². The van der Waals surface area contributed by atoms with E-state index in [4.69, 9.17) is 5.11 Å². The van der Waals surface area contributed by atoms with Crippen LogP contribution in [-0.4, -0.2) is 39.5 Å². The Morgan fingerprint density at radius 2 is 1.94 bits per heavy atom. The lowest BCUT2D eigenvalue weighted by Gasteiger charge is -2.27. The average Bonchev–Trinajstić information content (AvgIpc) is 2.72. The van der Waals surface area contributed by atoms with Gasteiger partial charge in [0.05, 0.1) is 10.2 Å². The zero-order valence-corrected chi connectivity index (χ0v) is 11.5. The molecule has 1 aliphatic heterocycles. The Bertz CT molecular complexity index is 464. The number of aromatic carboxylic acids is 1. The zero-order chi connectivity index (χ0) is 13.1. The molecule has 5 nitrogen and oxygen atoms in total. The number of amides is 1. The number of likely N-dealkylation sites (tertiary alicyclic amines) is 1. The van der Waals surface area contributed by atoms with E-state index in [0.717, 1.165) is 25.9 Å². The van der Waals surface area contributed by atoms with Crippen LogP contribution in [-0.2, 0) is 11.3 Å². The molecule has 18 heavy (non-hydrogen) atoms. The Balaban J connectivity index is 2.04. The number of aromatic nitrogens is 1. The number of carbonyl (C=O) groups is 2. The minimum absolute atomic E-state index is 0.0444. The first-order valence-corrected chi connectivity index (χ1v) is 6.74. The maximum atomic E-state index is 12.0. The molecule has 1 amide bonds. The lowest BCUT2D eigenvalue weighted by atomic mass is 10.1. The molecule has 1 N–H and O–H groups in total. The summed E-state index contributed by atoms with van der Waals surface area (Å²) < 4.78 is 2.24. The Kier molecular flexibility index (Phi) is 4.06. The van der Waals surface area contributed by atoms with Crippen LogP contribution in [0.4, 0.5) is 0 Å². The van der Waals surface area contributed by atoms with Gasteiger partial charge in [-0.3, -0.25) is 4.79 Å². The van der Waals surface area contributed by atoms with Crippen LogP contribution in [0.5, 0.6) is 0 Å². The van der Waals surface area contributed by atoms with Crippen LogP contribution in [0.3, 0.4) is 0 Å². The number of hydrogen-bond donors (Lipinski definition) is 1. The third-order valence-electron chi connectivity index (χ3n) is 3.11. The van der Waals surface area contributed by atoms with Gasteiger partial charge in [-0.1, -0.05) is 0 Å². The fourth-order valence-corrected chi connectivity index (χ4v) is 2.58. The standard InChI is InChI=1S/C12H15BrN2O3/c13-10-6-9(12(17)18)7-15(10)8-11(16)14-4-2-1-3-5-14/h6-7H,1-5,8H2,(H,17,18). The van der Waals surface area contributed by atoms with Crippen LogP contribution in [0.2, 0.25) is 0 Å². The second-order valence-corrected chi connectivity index (χ2v) is 5.24. The van der Waals surface area contributed by atoms with Crippen molar-refractivity contribution < 1.29 is 14.7 Å². The summed E-state index contributed by atoms with van der Waals surface area (Å²) in [5.74, 6) is -0.942. The largest absolute Gasteiger partial charge is 0.478 e. The third-order valence-corrected chi connectivity index (χ3v) is 3.79. The SMILES string of the molecule is O=C(O)c1cc(Br)n(CC(=O)N2CCCCC2)c1. The number of carbonyl (C=O) groups excluding carboxylic acids is 1. The maximum Gasteiger partial charge on any atom is 0.337 e. The molecule has 0 aliphatic carbocycles. The van der Waals surface area contributed by atoms with E-state index in [1.54, 1.807) is 4.57 Å². The Morgan fingerprint density at radius 1 is 1.28 bits per heavy atom. The summed E-state index contributed by atoms with van der Waals surface area (Å²) in [6.45, 7) is 1.81. The summed E-state index contributed by atoms with van der Waals surface area (Å²) in [7, 11) is 0. The number of hydrogen-bond acceptors (Lipinski definition) is 2.